The van der Waals surface area contributed by atoms with E-state index in [4.69, 9.17) is 0 Å². The first-order chi connectivity index (χ1) is 8.90. The van der Waals surface area contributed by atoms with Crippen molar-refractivity contribution in [3.63, 3.8) is 0 Å². The Labute approximate surface area is 108 Å². The van der Waals surface area contributed by atoms with Crippen LogP contribution in [0.4, 0.5) is 17.6 Å². The van der Waals surface area contributed by atoms with Gasteiger partial charge in [0, 0.05) is 0 Å². The third kappa shape index (κ3) is 3.28. The minimum absolute atomic E-state index is 0.307. The molecule has 0 atom stereocenters. The third-order valence-electron chi connectivity index (χ3n) is 3.10. The number of rotatable bonds is 3. The molecule has 0 saturated heterocycles. The quantitative estimate of drug-likeness (QED) is 0.716. The molecule has 1 aliphatic rings. The molecule has 1 aromatic carbocycles. The Morgan fingerprint density at radius 1 is 1.21 bits per heavy atom. The van der Waals surface area contributed by atoms with E-state index in [9.17, 15) is 17.6 Å². The number of hydrogen-bond donors (Lipinski definition) is 0. The van der Waals surface area contributed by atoms with Gasteiger partial charge in [0.25, 0.3) is 0 Å². The Morgan fingerprint density at radius 3 is 2.58 bits per heavy atom. The van der Waals surface area contributed by atoms with E-state index in [1.165, 1.54) is 11.6 Å². The van der Waals surface area contributed by atoms with Gasteiger partial charge in [-0.1, -0.05) is 31.1 Å². The molecule has 2 rings (SSSR count). The van der Waals surface area contributed by atoms with E-state index in [2.05, 4.69) is 11.7 Å². The summed E-state index contributed by atoms with van der Waals surface area (Å²) in [5.74, 6) is -1.65. The van der Waals surface area contributed by atoms with Crippen LogP contribution >= 0.6 is 0 Å². The molecule has 1 aromatic rings. The van der Waals surface area contributed by atoms with E-state index in [1.54, 1.807) is 0 Å². The Bertz CT molecular complexity index is 503. The number of ether oxygens (including phenoxy) is 1. The van der Waals surface area contributed by atoms with Crippen LogP contribution in [0.3, 0.4) is 0 Å². The summed E-state index contributed by atoms with van der Waals surface area (Å²) >= 11 is 0. The number of benzene rings is 1. The standard InChI is InChI=1S/C14H14F4O/c1-2-3-9-4-6-11-10(8-9)5-7-12(13(11)15)19-14(16,17)18/h5,7-8H,2-4,6H2,1H3. The molecule has 0 saturated carbocycles. The smallest absolute Gasteiger partial charge is 0.403 e. The second-order valence-corrected chi connectivity index (χ2v) is 4.55. The average Bonchev–Trinajstić information content (AvgIpc) is 2.32. The Balaban J connectivity index is 2.32. The zero-order valence-electron chi connectivity index (χ0n) is 10.5. The fraction of sp³-hybridized carbons (Fsp3) is 0.429. The maximum atomic E-state index is 13.9. The summed E-state index contributed by atoms with van der Waals surface area (Å²) in [5.41, 5.74) is 2.17. The van der Waals surface area contributed by atoms with Crippen molar-refractivity contribution >= 4 is 6.08 Å². The number of halogens is 4. The minimum atomic E-state index is -4.87. The molecule has 0 fully saturated rings. The van der Waals surface area contributed by atoms with Crippen LogP contribution in [0.5, 0.6) is 5.75 Å². The molecular formula is C14H14F4O. The van der Waals surface area contributed by atoms with Crippen molar-refractivity contribution in [3.8, 4) is 5.75 Å². The van der Waals surface area contributed by atoms with Gasteiger partial charge in [0.15, 0.2) is 11.6 Å². The molecular weight excluding hydrogens is 260 g/mol. The van der Waals surface area contributed by atoms with Crippen LogP contribution < -0.4 is 4.74 Å². The highest BCUT2D eigenvalue weighted by molar-refractivity contribution is 5.61. The molecule has 1 nitrogen and oxygen atoms in total. The molecule has 0 unspecified atom stereocenters. The lowest BCUT2D eigenvalue weighted by Gasteiger charge is -2.19. The van der Waals surface area contributed by atoms with Gasteiger partial charge in [-0.3, -0.25) is 0 Å². The van der Waals surface area contributed by atoms with Crippen LogP contribution in [0.1, 0.15) is 37.3 Å². The highest BCUT2D eigenvalue weighted by atomic mass is 19.4. The predicted octanol–water partition coefficient (Wildman–Crippen LogP) is 4.85. The van der Waals surface area contributed by atoms with Crippen molar-refractivity contribution in [2.24, 2.45) is 0 Å². The van der Waals surface area contributed by atoms with Crippen molar-refractivity contribution in [1.82, 2.24) is 0 Å². The van der Waals surface area contributed by atoms with E-state index in [0.29, 0.717) is 24.0 Å². The van der Waals surface area contributed by atoms with E-state index in [-0.39, 0.29) is 0 Å². The second-order valence-electron chi connectivity index (χ2n) is 4.55. The Hall–Kier alpha value is -1.52. The monoisotopic (exact) mass is 274 g/mol. The lowest BCUT2D eigenvalue weighted by Crippen LogP contribution is -2.18. The highest BCUT2D eigenvalue weighted by Gasteiger charge is 2.33. The lowest BCUT2D eigenvalue weighted by molar-refractivity contribution is -0.275. The Kier molecular flexibility index (Phi) is 3.83. The molecule has 0 aliphatic heterocycles. The van der Waals surface area contributed by atoms with Gasteiger partial charge in [-0.25, -0.2) is 4.39 Å². The summed E-state index contributed by atoms with van der Waals surface area (Å²) in [6, 6.07) is 2.52. The second kappa shape index (κ2) is 5.23. The zero-order valence-corrected chi connectivity index (χ0v) is 10.5. The summed E-state index contributed by atoms with van der Waals surface area (Å²) in [6.07, 6.45) is 0.0335. The largest absolute Gasteiger partial charge is 0.573 e. The SMILES string of the molecule is CCCC1=Cc2ccc(OC(F)(F)F)c(F)c2CC1. The highest BCUT2D eigenvalue weighted by Crippen LogP contribution is 2.34. The Morgan fingerprint density at radius 2 is 1.95 bits per heavy atom. The van der Waals surface area contributed by atoms with Crippen molar-refractivity contribution in [2.45, 2.75) is 39.0 Å². The summed E-state index contributed by atoms with van der Waals surface area (Å²) in [4.78, 5) is 0. The van der Waals surface area contributed by atoms with Gasteiger partial charge in [-0.2, -0.15) is 0 Å². The van der Waals surface area contributed by atoms with E-state index in [0.717, 1.165) is 18.9 Å². The molecule has 0 aromatic heterocycles. The molecule has 0 radical (unpaired) electrons. The molecule has 0 bridgehead atoms. The fourth-order valence-electron chi connectivity index (χ4n) is 2.30. The van der Waals surface area contributed by atoms with Crippen LogP contribution in [0.25, 0.3) is 6.08 Å². The van der Waals surface area contributed by atoms with Crippen LogP contribution in [0.2, 0.25) is 0 Å². The summed E-state index contributed by atoms with van der Waals surface area (Å²) in [5, 5.41) is 0. The van der Waals surface area contributed by atoms with Gasteiger partial charge < -0.3 is 4.74 Å². The van der Waals surface area contributed by atoms with Crippen LogP contribution in [0.15, 0.2) is 17.7 Å². The normalized spacial score (nSPS) is 14.9. The number of allylic oxidation sites excluding steroid dienone is 1. The zero-order chi connectivity index (χ0) is 14.0. The lowest BCUT2D eigenvalue weighted by atomic mass is 9.90. The van der Waals surface area contributed by atoms with Crippen molar-refractivity contribution in [3.05, 3.63) is 34.6 Å². The fourth-order valence-corrected chi connectivity index (χ4v) is 2.30. The van der Waals surface area contributed by atoms with Crippen molar-refractivity contribution < 1.29 is 22.3 Å². The number of fused-ring (bicyclic) bond motifs is 1. The first-order valence-electron chi connectivity index (χ1n) is 6.17. The van der Waals surface area contributed by atoms with Crippen LogP contribution in [-0.4, -0.2) is 6.36 Å². The van der Waals surface area contributed by atoms with Gasteiger partial charge in [0.1, 0.15) is 0 Å². The van der Waals surface area contributed by atoms with E-state index >= 15 is 0 Å². The van der Waals surface area contributed by atoms with Crippen molar-refractivity contribution in [2.75, 3.05) is 0 Å². The number of hydrogen-bond acceptors (Lipinski definition) is 1. The summed E-state index contributed by atoms with van der Waals surface area (Å²) in [6.45, 7) is 2.05. The maximum Gasteiger partial charge on any atom is 0.573 e. The molecule has 1 aliphatic carbocycles. The predicted molar refractivity (Wildman–Crippen MR) is 64.3 cm³/mol. The molecule has 0 N–H and O–H groups in total. The summed E-state index contributed by atoms with van der Waals surface area (Å²) < 4.78 is 54.0. The van der Waals surface area contributed by atoms with Crippen LogP contribution in [-0.2, 0) is 6.42 Å². The number of alkyl halides is 3. The van der Waals surface area contributed by atoms with Gasteiger partial charge in [0.2, 0.25) is 0 Å². The first-order valence-corrected chi connectivity index (χ1v) is 6.17. The first kappa shape index (κ1) is 13.9. The van der Waals surface area contributed by atoms with Crippen molar-refractivity contribution in [1.29, 1.82) is 0 Å². The topological polar surface area (TPSA) is 9.23 Å². The third-order valence-corrected chi connectivity index (χ3v) is 3.10. The van der Waals surface area contributed by atoms with Gasteiger partial charge in [-0.15, -0.1) is 13.2 Å². The molecule has 0 heterocycles. The minimum Gasteiger partial charge on any atom is -0.403 e. The van der Waals surface area contributed by atoms with Gasteiger partial charge in [-0.05, 0) is 36.5 Å². The van der Waals surface area contributed by atoms with Gasteiger partial charge in [0.05, 0.1) is 0 Å². The maximum absolute atomic E-state index is 13.9. The van der Waals surface area contributed by atoms with Crippen LogP contribution in [0, 0.1) is 5.82 Å². The van der Waals surface area contributed by atoms with E-state index < -0.39 is 17.9 Å². The molecule has 0 spiro atoms. The molecule has 104 valence electrons. The molecule has 0 amide bonds. The summed E-state index contributed by atoms with van der Waals surface area (Å²) in [7, 11) is 0. The molecule has 5 heteroatoms. The average molecular weight is 274 g/mol. The van der Waals surface area contributed by atoms with E-state index in [1.807, 2.05) is 6.08 Å². The molecule has 19 heavy (non-hydrogen) atoms. The van der Waals surface area contributed by atoms with Gasteiger partial charge >= 0.3 is 6.36 Å².